The third-order valence-electron chi connectivity index (χ3n) is 4.79. The van der Waals surface area contributed by atoms with Gasteiger partial charge >= 0.3 is 5.97 Å². The summed E-state index contributed by atoms with van der Waals surface area (Å²) in [5, 5.41) is 17.2. The second kappa shape index (κ2) is 9.42. The van der Waals surface area contributed by atoms with Crippen molar-refractivity contribution in [2.75, 3.05) is 7.11 Å². The summed E-state index contributed by atoms with van der Waals surface area (Å²) in [6, 6.07) is 12.1. The summed E-state index contributed by atoms with van der Waals surface area (Å²) in [4.78, 5) is 38.2. The fourth-order valence-corrected chi connectivity index (χ4v) is 3.30. The van der Waals surface area contributed by atoms with E-state index in [2.05, 4.69) is 10.4 Å². The highest BCUT2D eigenvalue weighted by atomic mass is 16.5. The van der Waals surface area contributed by atoms with Gasteiger partial charge in [-0.25, -0.2) is 9.48 Å². The maximum absolute atomic E-state index is 13.1. The number of carbonyl (C=O) groups excluding carboxylic acids is 2. The lowest BCUT2D eigenvalue weighted by Gasteiger charge is -2.18. The Morgan fingerprint density at radius 2 is 1.74 bits per heavy atom. The zero-order valence-electron chi connectivity index (χ0n) is 17.7. The molecule has 2 aromatic carbocycles. The predicted molar refractivity (Wildman–Crippen MR) is 116 cm³/mol. The highest BCUT2D eigenvalue weighted by molar-refractivity contribution is 6.05. The summed E-state index contributed by atoms with van der Waals surface area (Å²) >= 11 is 0. The number of esters is 1. The number of amides is 1. The third kappa shape index (κ3) is 5.09. The average Bonchev–Trinajstić information content (AvgIpc) is 2.75. The largest absolute Gasteiger partial charge is 0.508 e. The van der Waals surface area contributed by atoms with E-state index in [4.69, 9.17) is 4.74 Å². The molecular formula is C23H25N3O5. The molecule has 0 saturated heterocycles. The van der Waals surface area contributed by atoms with Gasteiger partial charge in [0.05, 0.1) is 12.5 Å². The van der Waals surface area contributed by atoms with E-state index in [-0.39, 0.29) is 29.3 Å². The number of phenols is 1. The summed E-state index contributed by atoms with van der Waals surface area (Å²) < 4.78 is 6.14. The predicted octanol–water partition coefficient (Wildman–Crippen LogP) is 2.27. The van der Waals surface area contributed by atoms with E-state index >= 15 is 0 Å². The molecule has 1 aromatic heterocycles. The first-order valence-electron chi connectivity index (χ1n) is 9.96. The van der Waals surface area contributed by atoms with Crippen LogP contribution in [0.4, 0.5) is 0 Å². The Bertz CT molecular complexity index is 1150. The zero-order chi connectivity index (χ0) is 22.5. The first-order chi connectivity index (χ1) is 14.8. The molecule has 0 aliphatic heterocycles. The quantitative estimate of drug-likeness (QED) is 0.564. The van der Waals surface area contributed by atoms with Crippen molar-refractivity contribution in [2.45, 2.75) is 32.9 Å². The second-order valence-electron chi connectivity index (χ2n) is 7.70. The van der Waals surface area contributed by atoms with Crippen molar-refractivity contribution in [1.29, 1.82) is 0 Å². The van der Waals surface area contributed by atoms with E-state index < -0.39 is 17.9 Å². The lowest BCUT2D eigenvalue weighted by atomic mass is 10.0. The monoisotopic (exact) mass is 423 g/mol. The van der Waals surface area contributed by atoms with Crippen LogP contribution in [0.2, 0.25) is 0 Å². The molecule has 1 heterocycles. The first kappa shape index (κ1) is 22.0. The van der Waals surface area contributed by atoms with E-state index in [1.165, 1.54) is 23.9 Å². The molecule has 1 amide bonds. The Balaban J connectivity index is 1.97. The van der Waals surface area contributed by atoms with Crippen molar-refractivity contribution in [3.63, 3.8) is 0 Å². The minimum Gasteiger partial charge on any atom is -0.508 e. The molecule has 0 unspecified atom stereocenters. The van der Waals surface area contributed by atoms with Gasteiger partial charge in [0.2, 0.25) is 0 Å². The van der Waals surface area contributed by atoms with Crippen LogP contribution in [0.5, 0.6) is 5.75 Å². The molecule has 0 fully saturated rings. The van der Waals surface area contributed by atoms with E-state index in [1.54, 1.807) is 36.4 Å². The lowest BCUT2D eigenvalue weighted by Crippen LogP contribution is -2.44. The van der Waals surface area contributed by atoms with Crippen molar-refractivity contribution < 1.29 is 19.4 Å². The molecule has 1 atom stereocenters. The molecule has 0 aliphatic carbocycles. The standard InChI is InChI=1S/C23H25N3O5/c1-14(2)13-26-22(29)18-7-5-4-6-17(18)20(25-26)21(28)24-19(23(30)31-3)12-15-8-10-16(27)11-9-15/h4-11,14,19,27H,12-13H2,1-3H3,(H,24,28)/t19-/m0/s1. The van der Waals surface area contributed by atoms with Gasteiger partial charge in [0.15, 0.2) is 5.69 Å². The van der Waals surface area contributed by atoms with Gasteiger partial charge in [-0.2, -0.15) is 5.10 Å². The van der Waals surface area contributed by atoms with Crippen LogP contribution in [0.25, 0.3) is 10.8 Å². The average molecular weight is 423 g/mol. The number of aromatic nitrogens is 2. The molecular weight excluding hydrogens is 398 g/mol. The van der Waals surface area contributed by atoms with Crippen molar-refractivity contribution >= 4 is 22.6 Å². The summed E-state index contributed by atoms with van der Waals surface area (Å²) in [6.07, 6.45) is 0.169. The number of ether oxygens (including phenoxy) is 1. The molecule has 0 radical (unpaired) electrons. The number of carbonyl (C=O) groups is 2. The van der Waals surface area contributed by atoms with E-state index in [0.717, 1.165) is 5.56 Å². The Labute approximate surface area is 179 Å². The summed E-state index contributed by atoms with van der Waals surface area (Å²) in [6.45, 7) is 4.26. The van der Waals surface area contributed by atoms with Gasteiger partial charge in [0.25, 0.3) is 11.5 Å². The Morgan fingerprint density at radius 3 is 2.35 bits per heavy atom. The first-order valence-corrected chi connectivity index (χ1v) is 9.96. The van der Waals surface area contributed by atoms with Crippen LogP contribution in [0.3, 0.4) is 0 Å². The van der Waals surface area contributed by atoms with Crippen LogP contribution in [0, 0.1) is 5.92 Å². The van der Waals surface area contributed by atoms with E-state index in [9.17, 15) is 19.5 Å². The lowest BCUT2D eigenvalue weighted by molar-refractivity contribution is -0.142. The fourth-order valence-electron chi connectivity index (χ4n) is 3.30. The Morgan fingerprint density at radius 1 is 1.10 bits per heavy atom. The molecule has 3 rings (SSSR count). The molecule has 8 heteroatoms. The van der Waals surface area contributed by atoms with Crippen molar-refractivity contribution in [3.05, 3.63) is 70.1 Å². The van der Waals surface area contributed by atoms with Crippen LogP contribution in [-0.2, 0) is 22.5 Å². The SMILES string of the molecule is COC(=O)[C@H](Cc1ccc(O)cc1)NC(=O)c1nn(CC(C)C)c(=O)c2ccccc12. The fraction of sp³-hybridized carbons (Fsp3) is 0.304. The minimum atomic E-state index is -0.965. The normalized spacial score (nSPS) is 12.0. The maximum Gasteiger partial charge on any atom is 0.328 e. The number of methoxy groups -OCH3 is 1. The van der Waals surface area contributed by atoms with Crippen LogP contribution >= 0.6 is 0 Å². The number of phenolic OH excluding ortho intramolecular Hbond substituents is 1. The van der Waals surface area contributed by atoms with Gasteiger partial charge < -0.3 is 15.2 Å². The highest BCUT2D eigenvalue weighted by Gasteiger charge is 2.25. The number of nitrogens with one attached hydrogen (secondary N) is 1. The summed E-state index contributed by atoms with van der Waals surface area (Å²) in [5.41, 5.74) is 0.529. The van der Waals surface area contributed by atoms with Gasteiger partial charge in [0, 0.05) is 18.4 Å². The maximum atomic E-state index is 13.1. The van der Waals surface area contributed by atoms with Gasteiger partial charge in [-0.05, 0) is 29.7 Å². The van der Waals surface area contributed by atoms with Crippen molar-refractivity contribution in [2.24, 2.45) is 5.92 Å². The van der Waals surface area contributed by atoms with Crippen molar-refractivity contribution in [1.82, 2.24) is 15.1 Å². The van der Waals surface area contributed by atoms with Crippen LogP contribution < -0.4 is 10.9 Å². The van der Waals surface area contributed by atoms with E-state index in [0.29, 0.717) is 17.3 Å². The molecule has 3 aromatic rings. The molecule has 0 bridgehead atoms. The number of hydrogen-bond acceptors (Lipinski definition) is 6. The van der Waals surface area contributed by atoms with E-state index in [1.807, 2.05) is 13.8 Å². The number of aromatic hydroxyl groups is 1. The molecule has 31 heavy (non-hydrogen) atoms. The topological polar surface area (TPSA) is 111 Å². The molecule has 0 saturated carbocycles. The molecule has 8 nitrogen and oxygen atoms in total. The number of fused-ring (bicyclic) bond motifs is 1. The molecule has 0 aliphatic rings. The van der Waals surface area contributed by atoms with Crippen molar-refractivity contribution in [3.8, 4) is 5.75 Å². The number of hydrogen-bond donors (Lipinski definition) is 2. The van der Waals surface area contributed by atoms with Gasteiger partial charge in [-0.1, -0.05) is 44.2 Å². The summed E-state index contributed by atoms with van der Waals surface area (Å²) in [5.74, 6) is -0.936. The molecule has 0 spiro atoms. The van der Waals surface area contributed by atoms with Crippen LogP contribution in [0.15, 0.2) is 53.3 Å². The minimum absolute atomic E-state index is 0.0652. The third-order valence-corrected chi connectivity index (χ3v) is 4.79. The zero-order valence-corrected chi connectivity index (χ0v) is 17.7. The number of benzene rings is 2. The Kier molecular flexibility index (Phi) is 6.69. The Hall–Kier alpha value is -3.68. The highest BCUT2D eigenvalue weighted by Crippen LogP contribution is 2.16. The smallest absolute Gasteiger partial charge is 0.328 e. The number of rotatable bonds is 7. The second-order valence-corrected chi connectivity index (χ2v) is 7.70. The molecule has 162 valence electrons. The number of nitrogens with zero attached hydrogens (tertiary/aromatic N) is 2. The van der Waals surface area contributed by atoms with Crippen LogP contribution in [0.1, 0.15) is 29.9 Å². The van der Waals surface area contributed by atoms with Crippen LogP contribution in [-0.4, -0.2) is 39.9 Å². The van der Waals surface area contributed by atoms with Gasteiger partial charge in [-0.15, -0.1) is 0 Å². The summed E-state index contributed by atoms with van der Waals surface area (Å²) in [7, 11) is 1.24. The van der Waals surface area contributed by atoms with Gasteiger partial charge in [-0.3, -0.25) is 9.59 Å². The molecule has 2 N–H and O–H groups in total. The van der Waals surface area contributed by atoms with Gasteiger partial charge in [0.1, 0.15) is 11.8 Å².